The van der Waals surface area contributed by atoms with Crippen LogP contribution in [0.15, 0.2) is 28.3 Å². The first-order valence-corrected chi connectivity index (χ1v) is 8.91. The minimum Gasteiger partial charge on any atom is -0.493 e. The second-order valence-electron chi connectivity index (χ2n) is 5.56. The molecule has 0 aromatic heterocycles. The van der Waals surface area contributed by atoms with Crippen molar-refractivity contribution in [2.45, 2.75) is 45.6 Å². The molecular formula is C18H27BrClNO2. The van der Waals surface area contributed by atoms with Gasteiger partial charge in [0.2, 0.25) is 0 Å². The molecule has 2 rings (SSSR count). The molecule has 0 radical (unpaired) electrons. The van der Waals surface area contributed by atoms with Crippen molar-refractivity contribution in [3.05, 3.63) is 33.8 Å². The average Bonchev–Trinajstić information content (AvgIpc) is 2.54. The smallest absolute Gasteiger partial charge is 0.165 e. The standard InChI is InChI=1S/C18H26BrNO2.ClH/c1-3-22-18-15(11-16(19)12-17(18)21-2)13-20-10-9-14-7-5-4-6-8-14;/h7,11-12,20H,3-6,8-10,13H2,1-2H3;1H. The van der Waals surface area contributed by atoms with Crippen LogP contribution < -0.4 is 14.8 Å². The number of rotatable bonds is 8. The maximum absolute atomic E-state index is 5.76. The Balaban J connectivity index is 0.00000264. The molecule has 0 aliphatic heterocycles. The predicted molar refractivity (Wildman–Crippen MR) is 102 cm³/mol. The van der Waals surface area contributed by atoms with Crippen LogP contribution in [0.4, 0.5) is 0 Å². The molecule has 1 aromatic rings. The average molecular weight is 405 g/mol. The highest BCUT2D eigenvalue weighted by molar-refractivity contribution is 9.10. The first kappa shape index (κ1) is 20.3. The van der Waals surface area contributed by atoms with Gasteiger partial charge in [-0.25, -0.2) is 0 Å². The molecule has 0 fully saturated rings. The van der Waals surface area contributed by atoms with Gasteiger partial charge in [-0.1, -0.05) is 27.6 Å². The molecule has 1 aliphatic rings. The second kappa shape index (κ2) is 11.0. The zero-order valence-corrected chi connectivity index (χ0v) is 16.4. The van der Waals surface area contributed by atoms with E-state index < -0.39 is 0 Å². The van der Waals surface area contributed by atoms with E-state index in [2.05, 4.69) is 33.4 Å². The summed E-state index contributed by atoms with van der Waals surface area (Å²) in [7, 11) is 1.68. The predicted octanol–water partition coefficient (Wildman–Crippen LogP) is 5.26. The zero-order valence-electron chi connectivity index (χ0n) is 14.0. The van der Waals surface area contributed by atoms with Crippen LogP contribution >= 0.6 is 28.3 Å². The van der Waals surface area contributed by atoms with E-state index in [1.165, 1.54) is 25.7 Å². The molecule has 3 nitrogen and oxygen atoms in total. The lowest BCUT2D eigenvalue weighted by molar-refractivity contribution is 0.306. The van der Waals surface area contributed by atoms with Crippen LogP contribution in [0.2, 0.25) is 0 Å². The van der Waals surface area contributed by atoms with Crippen LogP contribution in [0, 0.1) is 0 Å². The van der Waals surface area contributed by atoms with Gasteiger partial charge in [0.15, 0.2) is 11.5 Å². The number of allylic oxidation sites excluding steroid dienone is 1. The van der Waals surface area contributed by atoms with E-state index in [1.54, 1.807) is 12.7 Å². The van der Waals surface area contributed by atoms with Gasteiger partial charge in [-0.05, 0) is 57.7 Å². The Bertz CT molecular complexity index is 520. The van der Waals surface area contributed by atoms with Gasteiger partial charge in [0, 0.05) is 16.6 Å². The van der Waals surface area contributed by atoms with Crippen LogP contribution in [-0.2, 0) is 6.54 Å². The molecule has 23 heavy (non-hydrogen) atoms. The normalized spacial score (nSPS) is 14.0. The maximum atomic E-state index is 5.76. The van der Waals surface area contributed by atoms with Crippen LogP contribution in [0.1, 0.15) is 44.6 Å². The molecule has 0 atom stereocenters. The lowest BCUT2D eigenvalue weighted by Crippen LogP contribution is -2.16. The summed E-state index contributed by atoms with van der Waals surface area (Å²) in [5.74, 6) is 1.63. The topological polar surface area (TPSA) is 30.5 Å². The fraction of sp³-hybridized carbons (Fsp3) is 0.556. The van der Waals surface area contributed by atoms with Gasteiger partial charge in [-0.3, -0.25) is 0 Å². The first-order valence-electron chi connectivity index (χ1n) is 8.12. The lowest BCUT2D eigenvalue weighted by Gasteiger charge is -2.16. The third-order valence-electron chi connectivity index (χ3n) is 3.93. The molecule has 0 heterocycles. The van der Waals surface area contributed by atoms with Gasteiger partial charge in [0.1, 0.15) is 0 Å². The molecule has 130 valence electrons. The summed E-state index contributed by atoms with van der Waals surface area (Å²) in [6, 6.07) is 4.04. The molecule has 1 N–H and O–H groups in total. The largest absolute Gasteiger partial charge is 0.493 e. The van der Waals surface area contributed by atoms with Crippen molar-refractivity contribution in [2.24, 2.45) is 0 Å². The molecule has 0 saturated carbocycles. The van der Waals surface area contributed by atoms with E-state index in [9.17, 15) is 0 Å². The van der Waals surface area contributed by atoms with Gasteiger partial charge in [0.05, 0.1) is 13.7 Å². The Kier molecular flexibility index (Phi) is 9.68. The molecule has 0 unspecified atom stereocenters. The molecule has 0 bridgehead atoms. The number of nitrogens with one attached hydrogen (secondary N) is 1. The Hall–Kier alpha value is -0.710. The zero-order chi connectivity index (χ0) is 15.8. The highest BCUT2D eigenvalue weighted by Crippen LogP contribution is 2.34. The highest BCUT2D eigenvalue weighted by atomic mass is 79.9. The number of ether oxygens (including phenoxy) is 2. The summed E-state index contributed by atoms with van der Waals surface area (Å²) in [4.78, 5) is 0. The molecule has 0 saturated heterocycles. The minimum atomic E-state index is 0. The molecule has 1 aliphatic carbocycles. The second-order valence-corrected chi connectivity index (χ2v) is 6.48. The Morgan fingerprint density at radius 2 is 2.09 bits per heavy atom. The van der Waals surface area contributed by atoms with Gasteiger partial charge >= 0.3 is 0 Å². The summed E-state index contributed by atoms with van der Waals surface area (Å²) in [5, 5.41) is 3.53. The van der Waals surface area contributed by atoms with Crippen molar-refractivity contribution >= 4 is 28.3 Å². The SMILES string of the molecule is CCOc1c(CNCCC2=CCCCC2)cc(Br)cc1OC.Cl. The van der Waals surface area contributed by atoms with Crippen molar-refractivity contribution in [1.29, 1.82) is 0 Å². The Morgan fingerprint density at radius 3 is 2.74 bits per heavy atom. The monoisotopic (exact) mass is 403 g/mol. The summed E-state index contributed by atoms with van der Waals surface area (Å²) in [6.07, 6.45) is 8.80. The molecule has 0 amide bonds. The van der Waals surface area contributed by atoms with E-state index in [1.807, 2.05) is 13.0 Å². The number of halogens is 2. The third-order valence-corrected chi connectivity index (χ3v) is 4.39. The van der Waals surface area contributed by atoms with Crippen molar-refractivity contribution < 1.29 is 9.47 Å². The van der Waals surface area contributed by atoms with Crippen LogP contribution in [0.5, 0.6) is 11.5 Å². The van der Waals surface area contributed by atoms with Crippen LogP contribution in [0.25, 0.3) is 0 Å². The number of benzene rings is 1. The molecular weight excluding hydrogens is 378 g/mol. The van der Waals surface area contributed by atoms with E-state index in [0.717, 1.165) is 41.0 Å². The van der Waals surface area contributed by atoms with Crippen molar-refractivity contribution in [2.75, 3.05) is 20.3 Å². The Morgan fingerprint density at radius 1 is 1.26 bits per heavy atom. The van der Waals surface area contributed by atoms with Gasteiger partial charge in [-0.15, -0.1) is 12.4 Å². The summed E-state index contributed by atoms with van der Waals surface area (Å²) in [6.45, 7) is 4.43. The van der Waals surface area contributed by atoms with E-state index in [-0.39, 0.29) is 12.4 Å². The number of methoxy groups -OCH3 is 1. The van der Waals surface area contributed by atoms with Crippen molar-refractivity contribution in [1.82, 2.24) is 5.32 Å². The number of hydrogen-bond donors (Lipinski definition) is 1. The van der Waals surface area contributed by atoms with E-state index >= 15 is 0 Å². The van der Waals surface area contributed by atoms with Gasteiger partial charge in [0.25, 0.3) is 0 Å². The highest BCUT2D eigenvalue weighted by Gasteiger charge is 2.12. The molecule has 1 aromatic carbocycles. The fourth-order valence-electron chi connectivity index (χ4n) is 2.82. The molecule has 0 spiro atoms. The third kappa shape index (κ3) is 6.36. The Labute approximate surface area is 154 Å². The van der Waals surface area contributed by atoms with Crippen LogP contribution in [0.3, 0.4) is 0 Å². The summed E-state index contributed by atoms with van der Waals surface area (Å²) < 4.78 is 12.2. The number of hydrogen-bond acceptors (Lipinski definition) is 3. The van der Waals surface area contributed by atoms with Crippen molar-refractivity contribution in [3.8, 4) is 11.5 Å². The van der Waals surface area contributed by atoms with E-state index in [4.69, 9.17) is 9.47 Å². The first-order chi connectivity index (χ1) is 10.7. The lowest BCUT2D eigenvalue weighted by atomic mass is 9.97. The van der Waals surface area contributed by atoms with Crippen LogP contribution in [-0.4, -0.2) is 20.3 Å². The van der Waals surface area contributed by atoms with E-state index in [0.29, 0.717) is 6.61 Å². The quantitative estimate of drug-likeness (QED) is 0.473. The van der Waals surface area contributed by atoms with Gasteiger partial charge < -0.3 is 14.8 Å². The maximum Gasteiger partial charge on any atom is 0.165 e. The minimum absolute atomic E-state index is 0. The fourth-order valence-corrected chi connectivity index (χ4v) is 3.30. The summed E-state index contributed by atoms with van der Waals surface area (Å²) in [5.41, 5.74) is 2.74. The summed E-state index contributed by atoms with van der Waals surface area (Å²) >= 11 is 3.54. The molecule has 5 heteroatoms. The van der Waals surface area contributed by atoms with Gasteiger partial charge in [-0.2, -0.15) is 0 Å². The van der Waals surface area contributed by atoms with Crippen molar-refractivity contribution in [3.63, 3.8) is 0 Å².